The molecular formula is C22H38N4O5. The van der Waals surface area contributed by atoms with Crippen molar-refractivity contribution in [3.05, 3.63) is 23.3 Å². The van der Waals surface area contributed by atoms with Crippen LogP contribution in [0.4, 0.5) is 0 Å². The Bertz CT molecular complexity index is 682. The van der Waals surface area contributed by atoms with Gasteiger partial charge in [0, 0.05) is 19.2 Å². The molecule has 0 atom stereocenters. The van der Waals surface area contributed by atoms with Crippen molar-refractivity contribution in [1.82, 2.24) is 10.2 Å². The lowest BCUT2D eigenvalue weighted by atomic mass is 10.1. The summed E-state index contributed by atoms with van der Waals surface area (Å²) in [5, 5.41) is 12.4. The van der Waals surface area contributed by atoms with Crippen molar-refractivity contribution in [2.75, 3.05) is 53.5 Å². The van der Waals surface area contributed by atoms with Gasteiger partial charge in [0.25, 0.3) is 5.91 Å². The Morgan fingerprint density at radius 2 is 1.45 bits per heavy atom. The van der Waals surface area contributed by atoms with Gasteiger partial charge in [0.05, 0.1) is 18.8 Å². The molecule has 9 heteroatoms. The highest BCUT2D eigenvalue weighted by atomic mass is 16.5. The Labute approximate surface area is 185 Å². The van der Waals surface area contributed by atoms with Gasteiger partial charge in [-0.3, -0.25) is 4.79 Å². The highest BCUT2D eigenvalue weighted by molar-refractivity contribution is 6.01. The third-order valence-electron chi connectivity index (χ3n) is 4.61. The zero-order valence-corrected chi connectivity index (χ0v) is 18.8. The second-order valence-electron chi connectivity index (χ2n) is 7.60. The maximum absolute atomic E-state index is 12.7. The van der Waals surface area contributed by atoms with Crippen LogP contribution in [-0.2, 0) is 0 Å². The van der Waals surface area contributed by atoms with Crippen molar-refractivity contribution in [2.45, 2.75) is 38.5 Å². The SMILES string of the molecule is CN(C)CCNC(=O)c1cc(C(=O)O)c(OCCCCCN)cc1OCCCCCN. The smallest absolute Gasteiger partial charge is 0.339 e. The fourth-order valence-electron chi connectivity index (χ4n) is 2.84. The number of rotatable bonds is 17. The highest BCUT2D eigenvalue weighted by Gasteiger charge is 2.21. The number of carbonyl (C=O) groups excluding carboxylic acids is 1. The number of carboxylic acid groups (broad SMARTS) is 1. The molecule has 0 aliphatic heterocycles. The largest absolute Gasteiger partial charge is 0.493 e. The molecule has 31 heavy (non-hydrogen) atoms. The first-order valence-electron chi connectivity index (χ1n) is 10.9. The maximum Gasteiger partial charge on any atom is 0.339 e. The molecule has 0 saturated heterocycles. The number of hydrogen-bond acceptors (Lipinski definition) is 7. The lowest BCUT2D eigenvalue weighted by molar-refractivity contribution is 0.0692. The number of nitrogens with two attached hydrogens (primary N) is 2. The van der Waals surface area contributed by atoms with Gasteiger partial charge in [-0.15, -0.1) is 0 Å². The number of aromatic carboxylic acids is 1. The van der Waals surface area contributed by atoms with Crippen LogP contribution in [0.25, 0.3) is 0 Å². The lowest BCUT2D eigenvalue weighted by Crippen LogP contribution is -2.31. The van der Waals surface area contributed by atoms with Gasteiger partial charge in [-0.25, -0.2) is 4.79 Å². The van der Waals surface area contributed by atoms with E-state index in [4.69, 9.17) is 20.9 Å². The van der Waals surface area contributed by atoms with Crippen molar-refractivity contribution < 1.29 is 24.2 Å². The molecule has 0 saturated carbocycles. The molecule has 0 aliphatic carbocycles. The van der Waals surface area contributed by atoms with Crippen LogP contribution in [0.1, 0.15) is 59.2 Å². The van der Waals surface area contributed by atoms with Crippen molar-refractivity contribution in [2.24, 2.45) is 11.5 Å². The summed E-state index contributed by atoms with van der Waals surface area (Å²) in [6.07, 6.45) is 5.15. The van der Waals surface area contributed by atoms with Gasteiger partial charge in [0.15, 0.2) is 0 Å². The number of likely N-dealkylation sites (N-methyl/N-ethyl adjacent to an activating group) is 1. The van der Waals surface area contributed by atoms with Gasteiger partial charge >= 0.3 is 5.97 Å². The Morgan fingerprint density at radius 1 is 0.903 bits per heavy atom. The Morgan fingerprint density at radius 3 is 1.94 bits per heavy atom. The molecule has 176 valence electrons. The van der Waals surface area contributed by atoms with Crippen LogP contribution in [0, 0.1) is 0 Å². The number of hydrogen-bond donors (Lipinski definition) is 4. The normalized spacial score (nSPS) is 10.9. The van der Waals surface area contributed by atoms with Gasteiger partial charge < -0.3 is 36.3 Å². The summed E-state index contributed by atoms with van der Waals surface area (Å²) in [6.45, 7) is 3.10. The third kappa shape index (κ3) is 10.5. The molecule has 0 radical (unpaired) electrons. The van der Waals surface area contributed by atoms with E-state index in [1.165, 1.54) is 12.1 Å². The molecule has 0 unspecified atom stereocenters. The molecule has 0 aromatic heterocycles. The van der Waals surface area contributed by atoms with Crippen LogP contribution in [0.2, 0.25) is 0 Å². The molecule has 0 fully saturated rings. The van der Waals surface area contributed by atoms with Crippen LogP contribution < -0.4 is 26.3 Å². The first kappa shape index (κ1) is 26.7. The van der Waals surface area contributed by atoms with E-state index < -0.39 is 5.97 Å². The predicted octanol–water partition coefficient (Wildman–Crippen LogP) is 1.69. The second-order valence-corrected chi connectivity index (χ2v) is 7.60. The fourth-order valence-corrected chi connectivity index (χ4v) is 2.84. The number of amides is 1. The van der Waals surface area contributed by atoms with Crippen molar-refractivity contribution in [1.29, 1.82) is 0 Å². The average molecular weight is 439 g/mol. The maximum atomic E-state index is 12.7. The third-order valence-corrected chi connectivity index (χ3v) is 4.61. The summed E-state index contributed by atoms with van der Waals surface area (Å²) in [4.78, 5) is 26.5. The van der Waals surface area contributed by atoms with Gasteiger partial charge in [0.1, 0.15) is 17.1 Å². The quantitative estimate of drug-likeness (QED) is 0.269. The fraction of sp³-hybridized carbons (Fsp3) is 0.636. The van der Waals surface area contributed by atoms with Gasteiger partial charge in [-0.1, -0.05) is 0 Å². The Kier molecular flexibility index (Phi) is 13.3. The molecule has 1 amide bonds. The zero-order chi connectivity index (χ0) is 23.1. The first-order chi connectivity index (χ1) is 14.9. The van der Waals surface area contributed by atoms with E-state index in [9.17, 15) is 14.7 Å². The molecule has 6 N–H and O–H groups in total. The molecule has 0 heterocycles. The topological polar surface area (TPSA) is 140 Å². The lowest BCUT2D eigenvalue weighted by Gasteiger charge is -2.17. The van der Waals surface area contributed by atoms with Crippen molar-refractivity contribution in [3.8, 4) is 11.5 Å². The molecule has 0 bridgehead atoms. The van der Waals surface area contributed by atoms with Crippen molar-refractivity contribution >= 4 is 11.9 Å². The van der Waals surface area contributed by atoms with Crippen LogP contribution in [0.3, 0.4) is 0 Å². The number of nitrogens with one attached hydrogen (secondary N) is 1. The van der Waals surface area contributed by atoms with Crippen LogP contribution >= 0.6 is 0 Å². The first-order valence-corrected chi connectivity index (χ1v) is 10.9. The minimum absolute atomic E-state index is 0.0629. The predicted molar refractivity (Wildman–Crippen MR) is 121 cm³/mol. The van der Waals surface area contributed by atoms with E-state index in [0.29, 0.717) is 45.1 Å². The molecule has 0 aliphatic rings. The summed E-state index contributed by atoms with van der Waals surface area (Å²) in [5.41, 5.74) is 11.1. The van der Waals surface area contributed by atoms with Crippen molar-refractivity contribution in [3.63, 3.8) is 0 Å². The summed E-state index contributed by atoms with van der Waals surface area (Å²) in [5.74, 6) is -1.02. The van der Waals surface area contributed by atoms with Gasteiger partial charge in [0.2, 0.25) is 0 Å². The molecule has 1 aromatic rings. The number of unbranched alkanes of at least 4 members (excludes halogenated alkanes) is 4. The standard InChI is InChI=1S/C22H38N4O5/c1-26(2)12-11-25-21(27)17-15-18(22(28)29)20(31-14-8-4-6-10-24)16-19(17)30-13-7-3-5-9-23/h15-16H,3-14,23-24H2,1-2H3,(H,25,27)(H,28,29). The summed E-state index contributed by atoms with van der Waals surface area (Å²) in [7, 11) is 3.81. The summed E-state index contributed by atoms with van der Waals surface area (Å²) in [6, 6.07) is 2.84. The monoisotopic (exact) mass is 438 g/mol. The number of benzene rings is 1. The van der Waals surface area contributed by atoms with Crippen LogP contribution in [-0.4, -0.2) is 75.4 Å². The van der Waals surface area contributed by atoms with E-state index in [0.717, 1.165) is 38.5 Å². The van der Waals surface area contributed by atoms with E-state index in [2.05, 4.69) is 5.32 Å². The summed E-state index contributed by atoms with van der Waals surface area (Å²) >= 11 is 0. The van der Waals surface area contributed by atoms with Crippen LogP contribution in [0.15, 0.2) is 12.1 Å². The molecule has 0 spiro atoms. The van der Waals surface area contributed by atoms with Gasteiger partial charge in [-0.05, 0) is 71.8 Å². The van der Waals surface area contributed by atoms with Crippen LogP contribution in [0.5, 0.6) is 11.5 Å². The molecule has 1 rings (SSSR count). The second kappa shape index (κ2) is 15.4. The highest BCUT2D eigenvalue weighted by Crippen LogP contribution is 2.30. The van der Waals surface area contributed by atoms with E-state index >= 15 is 0 Å². The number of ether oxygens (including phenoxy) is 2. The Hall–Kier alpha value is -2.36. The molecule has 1 aromatic carbocycles. The number of nitrogens with zero attached hydrogens (tertiary/aromatic N) is 1. The van der Waals surface area contributed by atoms with E-state index in [1.54, 1.807) is 0 Å². The van der Waals surface area contributed by atoms with E-state index in [1.807, 2.05) is 19.0 Å². The van der Waals surface area contributed by atoms with E-state index in [-0.39, 0.29) is 22.8 Å². The minimum atomic E-state index is -1.16. The number of carboxylic acids is 1. The number of carbonyl (C=O) groups is 2. The molecular weight excluding hydrogens is 400 g/mol. The summed E-state index contributed by atoms with van der Waals surface area (Å²) < 4.78 is 11.6. The van der Waals surface area contributed by atoms with Gasteiger partial charge in [-0.2, -0.15) is 0 Å². The Balaban J connectivity index is 3.02. The molecule has 9 nitrogen and oxygen atoms in total. The average Bonchev–Trinajstić information content (AvgIpc) is 2.72. The zero-order valence-electron chi connectivity index (χ0n) is 18.8. The minimum Gasteiger partial charge on any atom is -0.493 e.